The molecule has 2 N–H and O–H groups in total. The molecule has 0 aliphatic heterocycles. The summed E-state index contributed by atoms with van der Waals surface area (Å²) in [5.41, 5.74) is 2.05. The van der Waals surface area contributed by atoms with Crippen LogP contribution in [0.2, 0.25) is 0 Å². The van der Waals surface area contributed by atoms with Crippen LogP contribution in [0.1, 0.15) is 5.56 Å². The van der Waals surface area contributed by atoms with Crippen LogP contribution < -0.4 is 5.32 Å². The molecule has 0 saturated heterocycles. The molecule has 0 saturated carbocycles. The second kappa shape index (κ2) is 5.72. The van der Waals surface area contributed by atoms with Gasteiger partial charge in [-0.05, 0) is 19.1 Å². The average molecular weight is 241 g/mol. The van der Waals surface area contributed by atoms with Crippen molar-refractivity contribution in [2.24, 2.45) is 0 Å². The first-order valence-corrected chi connectivity index (χ1v) is 5.69. The minimum atomic E-state index is -0.868. The van der Waals surface area contributed by atoms with E-state index in [4.69, 9.17) is 17.3 Å². The number of carboxylic acids is 1. The zero-order chi connectivity index (χ0) is 11.3. The van der Waals surface area contributed by atoms with Gasteiger partial charge in [0.05, 0.1) is 5.75 Å². The molecule has 0 fully saturated rings. The summed E-state index contributed by atoms with van der Waals surface area (Å²) in [4.78, 5) is 10.3. The molecular formula is C10H11NO2S2. The molecule has 1 aromatic rings. The van der Waals surface area contributed by atoms with Gasteiger partial charge in [-0.25, -0.2) is 0 Å². The van der Waals surface area contributed by atoms with Gasteiger partial charge in [0.15, 0.2) is 0 Å². The SMILES string of the molecule is Cc1ccc(NC(=S)SCC(=O)O)cc1. The number of hydrogen-bond acceptors (Lipinski definition) is 3. The van der Waals surface area contributed by atoms with Gasteiger partial charge >= 0.3 is 5.97 Å². The molecule has 1 rings (SSSR count). The molecule has 0 aliphatic rings. The van der Waals surface area contributed by atoms with Gasteiger partial charge in [0, 0.05) is 5.69 Å². The first-order chi connectivity index (χ1) is 7.08. The lowest BCUT2D eigenvalue weighted by Gasteiger charge is -2.06. The molecule has 0 spiro atoms. The summed E-state index contributed by atoms with van der Waals surface area (Å²) >= 11 is 6.08. The van der Waals surface area contributed by atoms with Crippen LogP contribution in [0.25, 0.3) is 0 Å². The number of aliphatic carboxylic acids is 1. The van der Waals surface area contributed by atoms with Crippen molar-refractivity contribution in [2.75, 3.05) is 11.1 Å². The van der Waals surface area contributed by atoms with Crippen LogP contribution in [0, 0.1) is 6.92 Å². The number of hydrogen-bond donors (Lipinski definition) is 2. The minimum absolute atomic E-state index is 0.0162. The number of thiocarbonyl (C=S) groups is 1. The topological polar surface area (TPSA) is 49.3 Å². The van der Waals surface area contributed by atoms with E-state index in [9.17, 15) is 4.79 Å². The van der Waals surface area contributed by atoms with E-state index in [1.807, 2.05) is 31.2 Å². The van der Waals surface area contributed by atoms with E-state index in [0.717, 1.165) is 17.4 Å². The highest BCUT2D eigenvalue weighted by molar-refractivity contribution is 8.23. The second-order valence-corrected chi connectivity index (χ2v) is 4.61. The molecule has 0 amide bonds. The normalized spacial score (nSPS) is 9.67. The molecule has 0 atom stereocenters. The standard InChI is InChI=1S/C10H11NO2S2/c1-7-2-4-8(5-3-7)11-10(14)15-6-9(12)13/h2-5H,6H2,1H3,(H,11,14)(H,12,13). The number of carbonyl (C=O) groups is 1. The van der Waals surface area contributed by atoms with Crippen molar-refractivity contribution in [3.05, 3.63) is 29.8 Å². The summed E-state index contributed by atoms with van der Waals surface area (Å²) in [6.07, 6.45) is 0. The predicted molar refractivity (Wildman–Crippen MR) is 67.5 cm³/mol. The lowest BCUT2D eigenvalue weighted by molar-refractivity contribution is -0.133. The Morgan fingerprint density at radius 3 is 2.60 bits per heavy atom. The van der Waals surface area contributed by atoms with Crippen LogP contribution >= 0.6 is 24.0 Å². The number of rotatable bonds is 3. The van der Waals surface area contributed by atoms with Crippen molar-refractivity contribution in [1.82, 2.24) is 0 Å². The highest BCUT2D eigenvalue weighted by Crippen LogP contribution is 2.12. The Kier molecular flexibility index (Phi) is 4.58. The maximum absolute atomic E-state index is 10.3. The second-order valence-electron chi connectivity index (χ2n) is 2.96. The Bertz CT molecular complexity index is 362. The molecule has 80 valence electrons. The Hall–Kier alpha value is -1.07. The molecule has 0 radical (unpaired) electrons. The first kappa shape index (κ1) is 12.0. The number of aryl methyl sites for hydroxylation is 1. The van der Waals surface area contributed by atoms with Gasteiger partial charge < -0.3 is 10.4 Å². The summed E-state index contributed by atoms with van der Waals surface area (Å²) in [6.45, 7) is 2.00. The maximum Gasteiger partial charge on any atom is 0.313 e. The third-order valence-corrected chi connectivity index (χ3v) is 2.84. The monoisotopic (exact) mass is 241 g/mol. The molecule has 5 heteroatoms. The fourth-order valence-corrected chi connectivity index (χ4v) is 1.66. The zero-order valence-corrected chi connectivity index (χ0v) is 9.82. The summed E-state index contributed by atoms with van der Waals surface area (Å²) in [6, 6.07) is 7.74. The maximum atomic E-state index is 10.3. The minimum Gasteiger partial charge on any atom is -0.481 e. The van der Waals surface area contributed by atoms with E-state index in [0.29, 0.717) is 4.32 Å². The Morgan fingerprint density at radius 2 is 2.07 bits per heavy atom. The zero-order valence-electron chi connectivity index (χ0n) is 8.19. The third kappa shape index (κ3) is 4.80. The van der Waals surface area contributed by atoms with Crippen LogP contribution in [0.15, 0.2) is 24.3 Å². The molecule has 3 nitrogen and oxygen atoms in total. The Labute approximate surface area is 97.9 Å². The molecule has 0 unspecified atom stereocenters. The van der Waals surface area contributed by atoms with Crippen LogP contribution in [-0.2, 0) is 4.79 Å². The highest BCUT2D eigenvalue weighted by atomic mass is 32.2. The largest absolute Gasteiger partial charge is 0.481 e. The highest BCUT2D eigenvalue weighted by Gasteiger charge is 2.02. The lowest BCUT2D eigenvalue weighted by Crippen LogP contribution is -2.08. The van der Waals surface area contributed by atoms with E-state index in [1.165, 1.54) is 5.56 Å². The van der Waals surface area contributed by atoms with Crippen molar-refractivity contribution in [3.63, 3.8) is 0 Å². The van der Waals surface area contributed by atoms with E-state index in [1.54, 1.807) is 0 Å². The molecule has 0 aliphatic carbocycles. The van der Waals surface area contributed by atoms with E-state index >= 15 is 0 Å². The molecule has 1 aromatic carbocycles. The van der Waals surface area contributed by atoms with Crippen LogP contribution in [0.4, 0.5) is 5.69 Å². The molecule has 0 aromatic heterocycles. The first-order valence-electron chi connectivity index (χ1n) is 4.30. The fourth-order valence-electron chi connectivity index (χ4n) is 0.918. The number of anilines is 1. The van der Waals surface area contributed by atoms with Crippen molar-refractivity contribution in [2.45, 2.75) is 6.92 Å². The van der Waals surface area contributed by atoms with Crippen molar-refractivity contribution < 1.29 is 9.90 Å². The van der Waals surface area contributed by atoms with Gasteiger partial charge in [0.1, 0.15) is 4.32 Å². The number of benzene rings is 1. The smallest absolute Gasteiger partial charge is 0.313 e. The summed E-state index contributed by atoms with van der Waals surface area (Å²) in [7, 11) is 0. The van der Waals surface area contributed by atoms with Gasteiger partial charge in [-0.3, -0.25) is 4.79 Å². The van der Waals surface area contributed by atoms with E-state index < -0.39 is 5.97 Å². The van der Waals surface area contributed by atoms with E-state index in [-0.39, 0.29) is 5.75 Å². The molecular weight excluding hydrogens is 230 g/mol. The summed E-state index contributed by atoms with van der Waals surface area (Å²) in [5.74, 6) is -0.884. The van der Waals surface area contributed by atoms with Gasteiger partial charge in [-0.2, -0.15) is 0 Å². The Morgan fingerprint density at radius 1 is 1.47 bits per heavy atom. The Balaban J connectivity index is 2.44. The molecule has 0 bridgehead atoms. The average Bonchev–Trinajstić information content (AvgIpc) is 2.19. The molecule has 0 heterocycles. The number of carboxylic acid groups (broad SMARTS) is 1. The number of thioether (sulfide) groups is 1. The molecule has 15 heavy (non-hydrogen) atoms. The van der Waals surface area contributed by atoms with Crippen molar-refractivity contribution in [1.29, 1.82) is 0 Å². The fraction of sp³-hybridized carbons (Fsp3) is 0.200. The summed E-state index contributed by atoms with van der Waals surface area (Å²) in [5, 5.41) is 11.4. The van der Waals surface area contributed by atoms with Gasteiger partial charge in [-0.15, -0.1) is 0 Å². The quantitative estimate of drug-likeness (QED) is 0.796. The third-order valence-electron chi connectivity index (χ3n) is 1.62. The van der Waals surface area contributed by atoms with Crippen molar-refractivity contribution >= 4 is 40.0 Å². The van der Waals surface area contributed by atoms with Crippen LogP contribution in [0.3, 0.4) is 0 Å². The van der Waals surface area contributed by atoms with E-state index in [2.05, 4.69) is 5.32 Å². The van der Waals surface area contributed by atoms with Crippen LogP contribution in [-0.4, -0.2) is 21.1 Å². The summed E-state index contributed by atoms with van der Waals surface area (Å²) < 4.78 is 0.473. The van der Waals surface area contributed by atoms with Gasteiger partial charge in [-0.1, -0.05) is 41.7 Å². The van der Waals surface area contributed by atoms with Gasteiger partial charge in [0.2, 0.25) is 0 Å². The van der Waals surface area contributed by atoms with Crippen molar-refractivity contribution in [3.8, 4) is 0 Å². The lowest BCUT2D eigenvalue weighted by atomic mass is 10.2. The van der Waals surface area contributed by atoms with Gasteiger partial charge in [0.25, 0.3) is 0 Å². The van der Waals surface area contributed by atoms with Crippen LogP contribution in [0.5, 0.6) is 0 Å². The predicted octanol–water partition coefficient (Wildman–Crippen LogP) is 2.51. The number of nitrogens with one attached hydrogen (secondary N) is 1.